The van der Waals surface area contributed by atoms with Gasteiger partial charge in [0, 0.05) is 30.4 Å². The van der Waals surface area contributed by atoms with Crippen LogP contribution in [0.15, 0.2) is 65.2 Å². The lowest BCUT2D eigenvalue weighted by Crippen LogP contribution is -2.31. The van der Waals surface area contributed by atoms with Crippen LogP contribution in [-0.2, 0) is 9.53 Å². The number of non-ortho nitro benzene ring substituents is 1. The van der Waals surface area contributed by atoms with Crippen LogP contribution < -0.4 is 5.32 Å². The van der Waals surface area contributed by atoms with Gasteiger partial charge < -0.3 is 19.4 Å². The number of ether oxygens (including phenoxy) is 1. The van der Waals surface area contributed by atoms with Gasteiger partial charge in [-0.05, 0) is 48.6 Å². The molecule has 0 aliphatic carbocycles. The Hall–Kier alpha value is -3.79. The van der Waals surface area contributed by atoms with Crippen molar-refractivity contribution >= 4 is 29.0 Å². The van der Waals surface area contributed by atoms with E-state index >= 15 is 0 Å². The molecule has 1 aromatic carbocycles. The molecule has 0 saturated carbocycles. The average molecular weight is 452 g/mol. The van der Waals surface area contributed by atoms with Crippen LogP contribution in [0.1, 0.15) is 30.0 Å². The molecule has 10 heteroatoms. The number of nitrogens with zero attached hydrogens (tertiary/aromatic N) is 3. The Morgan fingerprint density at radius 1 is 1.25 bits per heavy atom. The molecule has 9 nitrogen and oxygen atoms in total. The van der Waals surface area contributed by atoms with E-state index in [1.165, 1.54) is 19.2 Å². The van der Waals surface area contributed by atoms with Crippen LogP contribution in [0.25, 0.3) is 11.3 Å². The number of nitro benzene ring substituents is 1. The molecule has 1 aliphatic heterocycles. The molecule has 0 bridgehead atoms. The summed E-state index contributed by atoms with van der Waals surface area (Å²) in [6, 6.07) is 14.8. The minimum Gasteiger partial charge on any atom is -0.469 e. The van der Waals surface area contributed by atoms with Gasteiger partial charge in [0.1, 0.15) is 17.6 Å². The van der Waals surface area contributed by atoms with Crippen molar-refractivity contribution in [1.82, 2.24) is 15.2 Å². The zero-order valence-electron chi connectivity index (χ0n) is 17.1. The van der Waals surface area contributed by atoms with E-state index in [0.717, 1.165) is 5.69 Å². The summed E-state index contributed by atoms with van der Waals surface area (Å²) in [7, 11) is 1.35. The quantitative estimate of drug-likeness (QED) is 0.248. The van der Waals surface area contributed by atoms with Gasteiger partial charge in [-0.1, -0.05) is 6.07 Å². The third-order valence-electron chi connectivity index (χ3n) is 5.26. The van der Waals surface area contributed by atoms with Crippen LogP contribution in [0.5, 0.6) is 0 Å². The molecule has 0 radical (unpaired) electrons. The highest BCUT2D eigenvalue weighted by atomic mass is 32.1. The molecule has 32 heavy (non-hydrogen) atoms. The number of furan rings is 1. The number of nitro groups is 1. The van der Waals surface area contributed by atoms with Gasteiger partial charge in [0.2, 0.25) is 0 Å². The number of thiocarbonyl (C=S) groups is 1. The number of nitrogens with one attached hydrogen (secondary N) is 1. The summed E-state index contributed by atoms with van der Waals surface area (Å²) in [6.45, 7) is 0.347. The van der Waals surface area contributed by atoms with Crippen molar-refractivity contribution < 1.29 is 18.9 Å². The monoisotopic (exact) mass is 452 g/mol. The molecule has 3 aromatic rings. The van der Waals surface area contributed by atoms with Gasteiger partial charge in [0.25, 0.3) is 5.69 Å². The Morgan fingerprint density at radius 3 is 2.69 bits per heavy atom. The molecule has 4 rings (SSSR count). The minimum absolute atomic E-state index is 0.00933. The third-order valence-corrected chi connectivity index (χ3v) is 5.62. The van der Waals surface area contributed by atoms with Crippen molar-refractivity contribution in [2.75, 3.05) is 13.7 Å². The highest BCUT2D eigenvalue weighted by Gasteiger charge is 2.41. The summed E-state index contributed by atoms with van der Waals surface area (Å²) in [5.41, 5.74) is 1.51. The molecule has 1 fully saturated rings. The fourth-order valence-electron chi connectivity index (χ4n) is 3.68. The maximum Gasteiger partial charge on any atom is 0.307 e. The van der Waals surface area contributed by atoms with Gasteiger partial charge >= 0.3 is 5.97 Å². The lowest BCUT2D eigenvalue weighted by Gasteiger charge is -2.25. The number of carbonyl (C=O) groups is 1. The summed E-state index contributed by atoms with van der Waals surface area (Å²) in [6.07, 6.45) is 1.87. The molecule has 2 atom stereocenters. The number of esters is 1. The third kappa shape index (κ3) is 4.30. The lowest BCUT2D eigenvalue weighted by atomic mass is 10.0. The number of hydrogen-bond acceptors (Lipinski definition) is 7. The Labute approximate surface area is 189 Å². The van der Waals surface area contributed by atoms with E-state index in [-0.39, 0.29) is 30.2 Å². The highest BCUT2D eigenvalue weighted by Crippen LogP contribution is 2.40. The second kappa shape index (κ2) is 9.15. The summed E-state index contributed by atoms with van der Waals surface area (Å²) < 4.78 is 10.9. The van der Waals surface area contributed by atoms with Crippen LogP contribution in [-0.4, -0.2) is 39.5 Å². The predicted molar refractivity (Wildman–Crippen MR) is 120 cm³/mol. The number of rotatable bonds is 7. The molecule has 0 spiro atoms. The molecule has 164 valence electrons. The molecule has 3 heterocycles. The fraction of sp³-hybridized carbons (Fsp3) is 0.227. The first-order valence-electron chi connectivity index (χ1n) is 9.87. The summed E-state index contributed by atoms with van der Waals surface area (Å²) >= 11 is 5.55. The van der Waals surface area contributed by atoms with Gasteiger partial charge in [-0.15, -0.1) is 0 Å². The smallest absolute Gasteiger partial charge is 0.307 e. The zero-order chi connectivity index (χ0) is 22.7. The van der Waals surface area contributed by atoms with Gasteiger partial charge in [0.15, 0.2) is 5.11 Å². The average Bonchev–Trinajstić information content (AvgIpc) is 3.42. The van der Waals surface area contributed by atoms with Crippen LogP contribution in [0.2, 0.25) is 0 Å². The van der Waals surface area contributed by atoms with Crippen molar-refractivity contribution in [3.63, 3.8) is 0 Å². The fourth-order valence-corrected chi connectivity index (χ4v) is 4.02. The zero-order valence-corrected chi connectivity index (χ0v) is 18.0. The van der Waals surface area contributed by atoms with Crippen LogP contribution in [0, 0.1) is 10.1 Å². The Bertz CT molecular complexity index is 1130. The second-order valence-electron chi connectivity index (χ2n) is 7.15. The van der Waals surface area contributed by atoms with Crippen molar-refractivity contribution in [1.29, 1.82) is 0 Å². The predicted octanol–water partition coefficient (Wildman–Crippen LogP) is 3.79. The van der Waals surface area contributed by atoms with Crippen molar-refractivity contribution in [3.05, 3.63) is 82.4 Å². The van der Waals surface area contributed by atoms with E-state index in [1.807, 2.05) is 35.2 Å². The van der Waals surface area contributed by atoms with Gasteiger partial charge in [0.05, 0.1) is 30.2 Å². The number of aromatic nitrogens is 1. The van der Waals surface area contributed by atoms with Crippen LogP contribution in [0.3, 0.4) is 0 Å². The first-order chi connectivity index (χ1) is 15.5. The van der Waals surface area contributed by atoms with E-state index < -0.39 is 4.92 Å². The van der Waals surface area contributed by atoms with E-state index in [1.54, 1.807) is 18.3 Å². The second-order valence-corrected chi connectivity index (χ2v) is 7.54. The van der Waals surface area contributed by atoms with Crippen molar-refractivity contribution in [2.24, 2.45) is 0 Å². The molecule has 0 amide bonds. The summed E-state index contributed by atoms with van der Waals surface area (Å²) in [4.78, 5) is 28.6. The number of carbonyl (C=O) groups excluding carboxylic acids is 1. The maximum absolute atomic E-state index is 11.7. The van der Waals surface area contributed by atoms with Gasteiger partial charge in [-0.25, -0.2) is 0 Å². The molecular weight excluding hydrogens is 432 g/mol. The Balaban J connectivity index is 1.67. The number of benzene rings is 1. The topological polar surface area (TPSA) is 111 Å². The molecule has 1 aliphatic rings. The highest BCUT2D eigenvalue weighted by molar-refractivity contribution is 7.80. The maximum atomic E-state index is 11.7. The number of pyridine rings is 1. The minimum atomic E-state index is -0.445. The van der Waals surface area contributed by atoms with Crippen molar-refractivity contribution in [2.45, 2.75) is 18.5 Å². The normalized spacial score (nSPS) is 17.8. The van der Waals surface area contributed by atoms with E-state index in [0.29, 0.717) is 28.7 Å². The molecular formula is C22H20N4O5S. The molecule has 2 aromatic heterocycles. The summed E-state index contributed by atoms with van der Waals surface area (Å²) in [5.74, 6) is 0.866. The Kier molecular flexibility index (Phi) is 6.13. The van der Waals surface area contributed by atoms with Crippen LogP contribution >= 0.6 is 12.2 Å². The molecule has 1 N–H and O–H groups in total. The van der Waals surface area contributed by atoms with Gasteiger partial charge in [-0.2, -0.15) is 0 Å². The SMILES string of the molecule is COC(=O)CCN1C(=S)NC(c2ccccn2)C1c1ccc(-c2ccc([N+](=O)[O-])cc2)o1. The van der Waals surface area contributed by atoms with Crippen molar-refractivity contribution in [3.8, 4) is 11.3 Å². The molecule has 1 saturated heterocycles. The van der Waals surface area contributed by atoms with Gasteiger partial charge in [-0.3, -0.25) is 19.9 Å². The Morgan fingerprint density at radius 2 is 2.03 bits per heavy atom. The number of methoxy groups -OCH3 is 1. The molecule has 2 unspecified atom stereocenters. The number of hydrogen-bond donors (Lipinski definition) is 1. The lowest BCUT2D eigenvalue weighted by molar-refractivity contribution is -0.384. The van der Waals surface area contributed by atoms with E-state index in [9.17, 15) is 14.9 Å². The van der Waals surface area contributed by atoms with E-state index in [2.05, 4.69) is 10.3 Å². The first-order valence-corrected chi connectivity index (χ1v) is 10.3. The van der Waals surface area contributed by atoms with Crippen LogP contribution in [0.4, 0.5) is 5.69 Å². The van der Waals surface area contributed by atoms with E-state index in [4.69, 9.17) is 21.4 Å². The largest absolute Gasteiger partial charge is 0.469 e. The standard InChI is InChI=1S/C22H20N4O5S/c1-30-19(27)11-13-25-21(20(24-22(25)32)16-4-2-3-12-23-16)18-10-9-17(31-18)14-5-7-15(8-6-14)26(28)29/h2-10,12,20-21H,11,13H2,1H3,(H,24,32). The summed E-state index contributed by atoms with van der Waals surface area (Å²) in [5, 5.41) is 14.7. The first kappa shape index (κ1) is 21.4.